The second kappa shape index (κ2) is 8.58. The van der Waals surface area contributed by atoms with Crippen LogP contribution in [0.2, 0.25) is 0 Å². The number of hydrogen-bond acceptors (Lipinski definition) is 3. The number of aromatic nitrogens is 2. The maximum absolute atomic E-state index is 11.6. The van der Waals surface area contributed by atoms with Gasteiger partial charge < -0.3 is 20.3 Å². The quantitative estimate of drug-likeness (QED) is 0.672. The molecule has 2 unspecified atom stereocenters. The van der Waals surface area contributed by atoms with Gasteiger partial charge in [-0.2, -0.15) is 0 Å². The molecule has 0 radical (unpaired) electrons. The zero-order valence-electron chi connectivity index (χ0n) is 12.6. The van der Waals surface area contributed by atoms with Crippen molar-refractivity contribution in [2.45, 2.75) is 46.3 Å². The highest BCUT2D eigenvalue weighted by Gasteiger charge is 2.09. The lowest BCUT2D eigenvalue weighted by Crippen LogP contribution is -2.41. The van der Waals surface area contributed by atoms with Crippen molar-refractivity contribution >= 4 is 6.03 Å². The molecular weight excluding hydrogens is 256 g/mol. The fourth-order valence-electron chi connectivity index (χ4n) is 1.97. The molecule has 6 heteroatoms. The molecule has 0 saturated carbocycles. The van der Waals surface area contributed by atoms with Crippen LogP contribution < -0.4 is 10.6 Å². The van der Waals surface area contributed by atoms with E-state index in [0.29, 0.717) is 25.4 Å². The predicted octanol–water partition coefficient (Wildman–Crippen LogP) is 1.29. The maximum atomic E-state index is 11.6. The van der Waals surface area contributed by atoms with Crippen molar-refractivity contribution in [3.63, 3.8) is 0 Å². The molecule has 1 heterocycles. The van der Waals surface area contributed by atoms with E-state index in [1.165, 1.54) is 0 Å². The summed E-state index contributed by atoms with van der Waals surface area (Å²) in [6, 6.07) is -0.227. The van der Waals surface area contributed by atoms with Crippen LogP contribution in [0.25, 0.3) is 0 Å². The summed E-state index contributed by atoms with van der Waals surface area (Å²) in [6.07, 6.45) is 4.86. The highest BCUT2D eigenvalue weighted by Crippen LogP contribution is 2.02. The Bertz CT molecular complexity index is 406. The Hall–Kier alpha value is -1.56. The summed E-state index contributed by atoms with van der Waals surface area (Å²) in [6.45, 7) is 7.75. The van der Waals surface area contributed by atoms with Crippen LogP contribution in [0.5, 0.6) is 0 Å². The minimum atomic E-state index is -0.461. The molecule has 3 N–H and O–H groups in total. The number of aliphatic hydroxyl groups is 1. The van der Waals surface area contributed by atoms with E-state index >= 15 is 0 Å². The average molecular weight is 282 g/mol. The predicted molar refractivity (Wildman–Crippen MR) is 78.4 cm³/mol. The van der Waals surface area contributed by atoms with E-state index in [4.69, 9.17) is 0 Å². The van der Waals surface area contributed by atoms with Gasteiger partial charge in [-0.25, -0.2) is 9.78 Å². The molecule has 0 aliphatic heterocycles. The van der Waals surface area contributed by atoms with Gasteiger partial charge in [-0.05, 0) is 19.3 Å². The summed E-state index contributed by atoms with van der Waals surface area (Å²) in [5, 5.41) is 15.0. The van der Waals surface area contributed by atoms with Crippen LogP contribution in [0.4, 0.5) is 4.79 Å². The zero-order valence-corrected chi connectivity index (χ0v) is 12.6. The molecule has 6 nitrogen and oxygen atoms in total. The van der Waals surface area contributed by atoms with E-state index < -0.39 is 6.10 Å². The molecule has 114 valence electrons. The lowest BCUT2D eigenvalue weighted by molar-refractivity contribution is 0.160. The van der Waals surface area contributed by atoms with Crippen molar-refractivity contribution in [2.75, 3.05) is 13.1 Å². The van der Waals surface area contributed by atoms with Gasteiger partial charge in [-0.1, -0.05) is 20.3 Å². The Labute approximate surface area is 120 Å². The number of hydrogen-bond donors (Lipinski definition) is 3. The van der Waals surface area contributed by atoms with Gasteiger partial charge in [0.15, 0.2) is 0 Å². The minimum absolute atomic E-state index is 0.227. The van der Waals surface area contributed by atoms with Crippen LogP contribution in [0, 0.1) is 12.8 Å². The Kier molecular flexibility index (Phi) is 7.08. The van der Waals surface area contributed by atoms with E-state index in [9.17, 15) is 9.90 Å². The second-order valence-corrected chi connectivity index (χ2v) is 5.27. The Morgan fingerprint density at radius 1 is 1.45 bits per heavy atom. The third-order valence-corrected chi connectivity index (χ3v) is 3.16. The van der Waals surface area contributed by atoms with Gasteiger partial charge in [-0.15, -0.1) is 0 Å². The molecule has 20 heavy (non-hydrogen) atoms. The monoisotopic (exact) mass is 282 g/mol. The topological polar surface area (TPSA) is 79.2 Å². The molecule has 2 atom stereocenters. The number of rotatable bonds is 8. The third-order valence-electron chi connectivity index (χ3n) is 3.16. The lowest BCUT2D eigenvalue weighted by atomic mass is 10.2. The van der Waals surface area contributed by atoms with Crippen LogP contribution in [0.15, 0.2) is 12.4 Å². The first-order chi connectivity index (χ1) is 9.52. The van der Waals surface area contributed by atoms with Gasteiger partial charge in [-0.3, -0.25) is 0 Å². The highest BCUT2D eigenvalue weighted by molar-refractivity contribution is 5.73. The number of aliphatic hydroxyl groups excluding tert-OH is 1. The zero-order chi connectivity index (χ0) is 15.0. The van der Waals surface area contributed by atoms with Gasteiger partial charge in [0.25, 0.3) is 0 Å². The molecule has 1 aromatic rings. The molecule has 0 aliphatic rings. The van der Waals surface area contributed by atoms with Crippen LogP contribution in [-0.4, -0.2) is 39.9 Å². The summed E-state index contributed by atoms with van der Waals surface area (Å²) in [5.41, 5.74) is 0. The van der Waals surface area contributed by atoms with Crippen LogP contribution in [0.3, 0.4) is 0 Å². The standard InChI is InChI=1S/C14H26N4O2/c1-4-5-13(19)9-17-14(20)16-8-11(2)10-18-7-6-15-12(18)3/h6-7,11,13,19H,4-5,8-10H2,1-3H3,(H2,16,17,20). The second-order valence-electron chi connectivity index (χ2n) is 5.27. The third kappa shape index (κ3) is 6.06. The first kappa shape index (κ1) is 16.5. The number of amides is 2. The van der Waals surface area contributed by atoms with Crippen molar-refractivity contribution < 1.29 is 9.90 Å². The first-order valence-corrected chi connectivity index (χ1v) is 7.20. The number of nitrogens with zero attached hydrogens (tertiary/aromatic N) is 2. The normalized spacial score (nSPS) is 13.8. The summed E-state index contributed by atoms with van der Waals surface area (Å²) in [5.74, 6) is 1.29. The molecule has 0 spiro atoms. The Morgan fingerprint density at radius 2 is 2.15 bits per heavy atom. The number of aryl methyl sites for hydroxylation is 1. The van der Waals surface area contributed by atoms with E-state index in [2.05, 4.69) is 27.1 Å². The molecule has 2 amide bonds. The number of carbonyl (C=O) groups is 1. The van der Waals surface area contributed by atoms with Crippen molar-refractivity contribution in [3.05, 3.63) is 18.2 Å². The van der Waals surface area contributed by atoms with Crippen molar-refractivity contribution in [3.8, 4) is 0 Å². The highest BCUT2D eigenvalue weighted by atomic mass is 16.3. The van der Waals surface area contributed by atoms with E-state index in [1.54, 1.807) is 6.20 Å². The summed E-state index contributed by atoms with van der Waals surface area (Å²) in [7, 11) is 0. The molecular formula is C14H26N4O2. The Balaban J connectivity index is 2.19. The fourth-order valence-corrected chi connectivity index (χ4v) is 1.97. The van der Waals surface area contributed by atoms with Gasteiger partial charge >= 0.3 is 6.03 Å². The molecule has 1 aromatic heterocycles. The van der Waals surface area contributed by atoms with Gasteiger partial charge in [0.2, 0.25) is 0 Å². The van der Waals surface area contributed by atoms with Crippen LogP contribution in [-0.2, 0) is 6.54 Å². The number of nitrogens with one attached hydrogen (secondary N) is 2. The van der Waals surface area contributed by atoms with Crippen molar-refractivity contribution in [2.24, 2.45) is 5.92 Å². The van der Waals surface area contributed by atoms with Gasteiger partial charge in [0.1, 0.15) is 5.82 Å². The molecule has 0 saturated heterocycles. The molecule has 1 rings (SSSR count). The van der Waals surface area contributed by atoms with E-state index in [1.807, 2.05) is 20.0 Å². The van der Waals surface area contributed by atoms with E-state index in [0.717, 1.165) is 18.8 Å². The fraction of sp³-hybridized carbons (Fsp3) is 0.714. The summed E-state index contributed by atoms with van der Waals surface area (Å²) >= 11 is 0. The van der Waals surface area contributed by atoms with E-state index in [-0.39, 0.29) is 6.03 Å². The number of imidazole rings is 1. The minimum Gasteiger partial charge on any atom is -0.391 e. The van der Waals surface area contributed by atoms with Gasteiger partial charge in [0.05, 0.1) is 6.10 Å². The first-order valence-electron chi connectivity index (χ1n) is 7.20. The van der Waals surface area contributed by atoms with Crippen molar-refractivity contribution in [1.29, 1.82) is 0 Å². The van der Waals surface area contributed by atoms with Crippen LogP contribution in [0.1, 0.15) is 32.5 Å². The maximum Gasteiger partial charge on any atom is 0.314 e. The number of carbonyl (C=O) groups excluding carboxylic acids is 1. The SMILES string of the molecule is CCCC(O)CNC(=O)NCC(C)Cn1ccnc1C. The van der Waals surface area contributed by atoms with Gasteiger partial charge in [0, 0.05) is 32.0 Å². The molecule has 0 bridgehead atoms. The van der Waals surface area contributed by atoms with Crippen LogP contribution >= 0.6 is 0 Å². The average Bonchev–Trinajstić information content (AvgIpc) is 2.80. The smallest absolute Gasteiger partial charge is 0.314 e. The molecule has 0 aliphatic carbocycles. The molecule has 0 fully saturated rings. The van der Waals surface area contributed by atoms with Crippen molar-refractivity contribution in [1.82, 2.24) is 20.2 Å². The summed E-state index contributed by atoms with van der Waals surface area (Å²) in [4.78, 5) is 15.7. The number of urea groups is 1. The summed E-state index contributed by atoms with van der Waals surface area (Å²) < 4.78 is 2.06. The molecule has 0 aromatic carbocycles. The largest absolute Gasteiger partial charge is 0.391 e. The Morgan fingerprint density at radius 3 is 2.75 bits per heavy atom. The lowest BCUT2D eigenvalue weighted by Gasteiger charge is -2.16.